The van der Waals surface area contributed by atoms with Crippen LogP contribution in [0.5, 0.6) is 0 Å². The van der Waals surface area contributed by atoms with Crippen LogP contribution in [0.2, 0.25) is 0 Å². The molecule has 12 heavy (non-hydrogen) atoms. The molecule has 0 saturated carbocycles. The summed E-state index contributed by atoms with van der Waals surface area (Å²) < 4.78 is 2.27. The van der Waals surface area contributed by atoms with Crippen molar-refractivity contribution in [2.24, 2.45) is 7.05 Å². The van der Waals surface area contributed by atoms with Crippen molar-refractivity contribution in [3.8, 4) is 0 Å². The maximum atomic E-state index is 2.27. The van der Waals surface area contributed by atoms with Crippen molar-refractivity contribution < 1.29 is 28.5 Å². The van der Waals surface area contributed by atoms with Gasteiger partial charge in [0.1, 0.15) is 7.05 Å². The number of aryl methyl sites for hydroxylation is 1. The van der Waals surface area contributed by atoms with Crippen LogP contribution in [0.15, 0.2) is 5.38 Å². The van der Waals surface area contributed by atoms with Gasteiger partial charge in [-0.05, 0) is 0 Å². The van der Waals surface area contributed by atoms with Gasteiger partial charge >= 0.3 is 0 Å². The topological polar surface area (TPSA) is 3.88 Å². The third-order valence-corrected chi connectivity index (χ3v) is 2.90. The summed E-state index contributed by atoms with van der Waals surface area (Å²) in [4.78, 5) is 0. The molecule has 0 bridgehead atoms. The molecule has 0 unspecified atom stereocenters. The molecule has 0 amide bonds. The second kappa shape index (κ2) is 4.05. The number of hydrogen-bond acceptors (Lipinski definition) is 1. The van der Waals surface area contributed by atoms with E-state index in [0.29, 0.717) is 0 Å². The van der Waals surface area contributed by atoms with E-state index in [1.54, 1.807) is 0 Å². The molecule has 0 fully saturated rings. The van der Waals surface area contributed by atoms with Gasteiger partial charge in [-0.1, -0.05) is 32.1 Å². The van der Waals surface area contributed by atoms with E-state index in [0.717, 1.165) is 0 Å². The van der Waals surface area contributed by atoms with E-state index in [4.69, 9.17) is 0 Å². The van der Waals surface area contributed by atoms with Crippen LogP contribution >= 0.6 is 11.3 Å². The average Bonchev–Trinajstić information content (AvgIpc) is 2.11. The van der Waals surface area contributed by atoms with E-state index in [9.17, 15) is 0 Å². The van der Waals surface area contributed by atoms with E-state index in [2.05, 4.69) is 44.7 Å². The van der Waals surface area contributed by atoms with E-state index in [-0.39, 0.29) is 29.4 Å². The highest BCUT2D eigenvalue weighted by atomic mass is 127. The van der Waals surface area contributed by atoms with Crippen molar-refractivity contribution in [1.82, 2.24) is 0 Å². The van der Waals surface area contributed by atoms with Crippen LogP contribution in [0.4, 0.5) is 0 Å². The average molecular weight is 297 g/mol. The molecule has 0 aliphatic heterocycles. The molecular formula is C9H16INS. The smallest absolute Gasteiger partial charge is 0.234 e. The summed E-state index contributed by atoms with van der Waals surface area (Å²) in [5, 5.41) is 3.62. The molecule has 1 heterocycles. The number of aromatic nitrogens is 1. The second-order valence-electron chi connectivity index (χ2n) is 3.95. The van der Waals surface area contributed by atoms with E-state index >= 15 is 0 Å². The number of halogens is 1. The van der Waals surface area contributed by atoms with Gasteiger partial charge in [0.15, 0.2) is 5.69 Å². The fourth-order valence-corrected chi connectivity index (χ4v) is 2.20. The lowest BCUT2D eigenvalue weighted by atomic mass is 9.93. The van der Waals surface area contributed by atoms with Gasteiger partial charge in [0.25, 0.3) is 0 Å². The van der Waals surface area contributed by atoms with Crippen molar-refractivity contribution >= 4 is 11.3 Å². The molecule has 0 aromatic carbocycles. The molecule has 0 aliphatic rings. The Morgan fingerprint density at radius 1 is 1.33 bits per heavy atom. The molecule has 0 spiro atoms. The minimum absolute atomic E-state index is 0. The largest absolute Gasteiger partial charge is 1.00 e. The number of nitrogens with zero attached hydrogens (tertiary/aromatic N) is 1. The first-order valence-electron chi connectivity index (χ1n) is 3.87. The van der Waals surface area contributed by atoms with Crippen LogP contribution in [0.3, 0.4) is 0 Å². The van der Waals surface area contributed by atoms with E-state index < -0.39 is 0 Å². The summed E-state index contributed by atoms with van der Waals surface area (Å²) in [6.07, 6.45) is 0. The normalized spacial score (nSPS) is 11.1. The van der Waals surface area contributed by atoms with Gasteiger partial charge in [-0.25, -0.2) is 0 Å². The molecule has 0 radical (unpaired) electrons. The Morgan fingerprint density at radius 3 is 2.00 bits per heavy atom. The minimum atomic E-state index is 0. The minimum Gasteiger partial charge on any atom is -1.00 e. The first-order valence-corrected chi connectivity index (χ1v) is 4.75. The summed E-state index contributed by atoms with van der Waals surface area (Å²) in [5.74, 6) is 0. The Morgan fingerprint density at radius 2 is 1.83 bits per heavy atom. The number of thiazole rings is 1. The summed E-state index contributed by atoms with van der Waals surface area (Å²) in [6.45, 7) is 8.89. The van der Waals surface area contributed by atoms with E-state index in [1.807, 2.05) is 11.3 Å². The number of hydrogen-bond donors (Lipinski definition) is 0. The van der Waals surface area contributed by atoms with Crippen molar-refractivity contribution in [2.75, 3.05) is 0 Å². The molecule has 0 saturated heterocycles. The lowest BCUT2D eigenvalue weighted by molar-refractivity contribution is -0.683. The summed E-state index contributed by atoms with van der Waals surface area (Å²) >= 11 is 1.82. The first kappa shape index (κ1) is 12.4. The Hall–Kier alpha value is 0.360. The van der Waals surface area contributed by atoms with Crippen LogP contribution < -0.4 is 28.5 Å². The maximum absolute atomic E-state index is 2.27. The van der Waals surface area contributed by atoms with Crippen LogP contribution in [0.25, 0.3) is 0 Å². The zero-order chi connectivity index (χ0) is 8.65. The van der Waals surface area contributed by atoms with E-state index in [1.165, 1.54) is 10.7 Å². The quantitative estimate of drug-likeness (QED) is 0.435. The lowest BCUT2D eigenvalue weighted by Gasteiger charge is -2.11. The third kappa shape index (κ3) is 2.42. The third-order valence-electron chi connectivity index (χ3n) is 1.94. The molecule has 0 aliphatic carbocycles. The zero-order valence-electron chi connectivity index (χ0n) is 8.31. The van der Waals surface area contributed by atoms with Crippen molar-refractivity contribution in [1.29, 1.82) is 0 Å². The predicted molar refractivity (Wildman–Crippen MR) is 48.9 cm³/mol. The Labute approximate surface area is 95.8 Å². The van der Waals surface area contributed by atoms with Crippen molar-refractivity contribution in [2.45, 2.75) is 33.1 Å². The molecule has 1 nitrogen and oxygen atoms in total. The molecule has 1 aromatic heterocycles. The van der Waals surface area contributed by atoms with Gasteiger partial charge in [0.2, 0.25) is 5.01 Å². The lowest BCUT2D eigenvalue weighted by Crippen LogP contribution is -3.00. The van der Waals surface area contributed by atoms with Crippen LogP contribution in [-0.4, -0.2) is 0 Å². The Bertz CT molecular complexity index is 260. The van der Waals surface area contributed by atoms with Gasteiger partial charge in [0, 0.05) is 12.3 Å². The summed E-state index contributed by atoms with van der Waals surface area (Å²) in [6, 6.07) is 0. The highest BCUT2D eigenvalue weighted by molar-refractivity contribution is 7.09. The molecule has 0 atom stereocenters. The second-order valence-corrected chi connectivity index (χ2v) is 5.01. The van der Waals surface area contributed by atoms with Crippen LogP contribution in [0, 0.1) is 6.92 Å². The van der Waals surface area contributed by atoms with Gasteiger partial charge in [-0.15, -0.1) is 0 Å². The molecular weight excluding hydrogens is 281 g/mol. The molecule has 0 N–H and O–H groups in total. The van der Waals surface area contributed by atoms with Crippen LogP contribution in [0.1, 0.15) is 31.5 Å². The molecule has 70 valence electrons. The monoisotopic (exact) mass is 297 g/mol. The zero-order valence-corrected chi connectivity index (χ0v) is 11.3. The van der Waals surface area contributed by atoms with Crippen LogP contribution in [-0.2, 0) is 12.5 Å². The molecule has 1 aromatic rings. The maximum Gasteiger partial charge on any atom is 0.234 e. The van der Waals surface area contributed by atoms with Gasteiger partial charge < -0.3 is 24.0 Å². The number of rotatable bonds is 0. The Kier molecular flexibility index (Phi) is 4.17. The predicted octanol–water partition coefficient (Wildman–Crippen LogP) is -0.817. The highest BCUT2D eigenvalue weighted by Crippen LogP contribution is 2.21. The Balaban J connectivity index is 0.00000121. The molecule has 1 rings (SSSR count). The van der Waals surface area contributed by atoms with Gasteiger partial charge in [0.05, 0.1) is 5.38 Å². The van der Waals surface area contributed by atoms with Crippen molar-refractivity contribution in [3.05, 3.63) is 16.1 Å². The summed E-state index contributed by atoms with van der Waals surface area (Å²) in [7, 11) is 2.13. The highest BCUT2D eigenvalue weighted by Gasteiger charge is 2.25. The first-order chi connectivity index (χ1) is 4.93. The fourth-order valence-electron chi connectivity index (χ4n) is 1.15. The van der Waals surface area contributed by atoms with Gasteiger partial charge in [-0.2, -0.15) is 4.57 Å². The fraction of sp³-hybridized carbons (Fsp3) is 0.667. The van der Waals surface area contributed by atoms with Crippen molar-refractivity contribution in [3.63, 3.8) is 0 Å². The summed E-state index contributed by atoms with van der Waals surface area (Å²) in [5.41, 5.74) is 1.69. The SMILES string of the molecule is Cc1scc(C(C)(C)C)[n+]1C.[I-]. The van der Waals surface area contributed by atoms with Gasteiger partial charge in [-0.3, -0.25) is 0 Å². The standard InChI is InChI=1S/C9H16NS.HI/c1-7-10(5)8(6-11-7)9(2,3)4;/h6H,1-5H3;1H/q+1;/p-1. The molecule has 3 heteroatoms.